The van der Waals surface area contributed by atoms with Gasteiger partial charge in [0.2, 0.25) is 0 Å². The molecule has 4 nitrogen and oxygen atoms in total. The zero-order chi connectivity index (χ0) is 13.1. The molecule has 2 rings (SSSR count). The third-order valence-electron chi connectivity index (χ3n) is 2.82. The third kappa shape index (κ3) is 2.35. The first-order valence-corrected chi connectivity index (χ1v) is 6.10. The van der Waals surface area contributed by atoms with Crippen LogP contribution in [0.3, 0.4) is 0 Å². The fourth-order valence-electron chi connectivity index (χ4n) is 1.83. The van der Waals surface area contributed by atoms with Crippen LogP contribution in [0.4, 0.5) is 0 Å². The van der Waals surface area contributed by atoms with Crippen molar-refractivity contribution in [3.05, 3.63) is 35.1 Å². The Labute approximate surface area is 111 Å². The summed E-state index contributed by atoms with van der Waals surface area (Å²) in [4.78, 5) is 4.54. The van der Waals surface area contributed by atoms with Gasteiger partial charge in [-0.2, -0.15) is 0 Å². The van der Waals surface area contributed by atoms with Gasteiger partial charge in [0, 0.05) is 19.0 Å². The van der Waals surface area contributed by atoms with Crippen molar-refractivity contribution in [2.45, 2.75) is 6.42 Å². The number of nitrogens with zero attached hydrogens (tertiary/aromatic N) is 2. The van der Waals surface area contributed by atoms with Crippen LogP contribution in [0.5, 0.6) is 5.75 Å². The van der Waals surface area contributed by atoms with Gasteiger partial charge in [0.25, 0.3) is 0 Å². The van der Waals surface area contributed by atoms with E-state index in [1.165, 1.54) is 0 Å². The van der Waals surface area contributed by atoms with Crippen LogP contribution in [-0.4, -0.2) is 23.2 Å². The number of ether oxygens (including phenoxy) is 1. The van der Waals surface area contributed by atoms with Crippen molar-refractivity contribution in [2.75, 3.05) is 13.7 Å². The Balaban J connectivity index is 2.40. The largest absolute Gasteiger partial charge is 0.497 e. The molecule has 0 aliphatic rings. The topological polar surface area (TPSA) is 53.1 Å². The molecular formula is C13H16ClN3O. The number of nitrogens with two attached hydrogens (primary N) is 1. The highest BCUT2D eigenvalue weighted by atomic mass is 35.5. The van der Waals surface area contributed by atoms with Crippen LogP contribution in [0, 0.1) is 0 Å². The summed E-state index contributed by atoms with van der Waals surface area (Å²) < 4.78 is 7.00. The fraction of sp³-hybridized carbons (Fsp3) is 0.308. The van der Waals surface area contributed by atoms with Crippen molar-refractivity contribution >= 4 is 11.6 Å². The molecule has 0 fully saturated rings. The van der Waals surface area contributed by atoms with Gasteiger partial charge in [-0.1, -0.05) is 11.6 Å². The van der Waals surface area contributed by atoms with Gasteiger partial charge in [0.15, 0.2) is 0 Å². The Morgan fingerprint density at radius 3 is 2.56 bits per heavy atom. The first-order chi connectivity index (χ1) is 8.67. The highest BCUT2D eigenvalue weighted by Gasteiger charge is 2.13. The van der Waals surface area contributed by atoms with Crippen LogP contribution in [0.15, 0.2) is 24.3 Å². The standard InChI is InChI=1S/C13H16ClN3O/c1-17-12(14)11(7-8-15)16-13(17)9-3-5-10(18-2)6-4-9/h3-6H,7-8,15H2,1-2H3. The molecule has 0 aliphatic heterocycles. The number of benzene rings is 1. The number of halogens is 1. The highest BCUT2D eigenvalue weighted by Crippen LogP contribution is 2.26. The van der Waals surface area contributed by atoms with Gasteiger partial charge in [-0.05, 0) is 30.8 Å². The maximum absolute atomic E-state index is 6.22. The quantitative estimate of drug-likeness (QED) is 0.923. The summed E-state index contributed by atoms with van der Waals surface area (Å²) in [7, 11) is 3.54. The summed E-state index contributed by atoms with van der Waals surface area (Å²) in [6.45, 7) is 0.540. The van der Waals surface area contributed by atoms with E-state index >= 15 is 0 Å². The summed E-state index contributed by atoms with van der Waals surface area (Å²) in [5.74, 6) is 1.66. The molecule has 2 N–H and O–H groups in total. The van der Waals surface area contributed by atoms with Crippen LogP contribution >= 0.6 is 11.6 Å². The van der Waals surface area contributed by atoms with Crippen molar-refractivity contribution in [2.24, 2.45) is 12.8 Å². The molecule has 2 aromatic rings. The lowest BCUT2D eigenvalue weighted by Gasteiger charge is -2.03. The molecule has 0 atom stereocenters. The fourth-order valence-corrected chi connectivity index (χ4v) is 2.05. The van der Waals surface area contributed by atoms with E-state index in [4.69, 9.17) is 22.1 Å². The zero-order valence-corrected chi connectivity index (χ0v) is 11.2. The van der Waals surface area contributed by atoms with Gasteiger partial charge in [-0.25, -0.2) is 4.98 Å². The van der Waals surface area contributed by atoms with Crippen molar-refractivity contribution in [3.8, 4) is 17.1 Å². The number of imidazole rings is 1. The molecule has 5 heteroatoms. The van der Waals surface area contributed by atoms with E-state index in [9.17, 15) is 0 Å². The smallest absolute Gasteiger partial charge is 0.141 e. The predicted octanol–water partition coefficient (Wildman–Crippen LogP) is 2.25. The summed E-state index contributed by atoms with van der Waals surface area (Å²) in [5.41, 5.74) is 7.38. The average molecular weight is 266 g/mol. The lowest BCUT2D eigenvalue weighted by atomic mass is 10.2. The van der Waals surface area contributed by atoms with Crippen LogP contribution in [0.1, 0.15) is 5.69 Å². The van der Waals surface area contributed by atoms with Gasteiger partial charge >= 0.3 is 0 Å². The van der Waals surface area contributed by atoms with E-state index in [0.717, 1.165) is 22.8 Å². The van der Waals surface area contributed by atoms with Crippen molar-refractivity contribution in [1.82, 2.24) is 9.55 Å². The normalized spacial score (nSPS) is 10.7. The Morgan fingerprint density at radius 1 is 1.33 bits per heavy atom. The summed E-state index contributed by atoms with van der Waals surface area (Å²) in [6.07, 6.45) is 0.683. The lowest BCUT2D eigenvalue weighted by Crippen LogP contribution is -2.03. The van der Waals surface area contributed by atoms with Crippen LogP contribution in [0.2, 0.25) is 5.15 Å². The van der Waals surface area contributed by atoms with Gasteiger partial charge < -0.3 is 15.0 Å². The van der Waals surface area contributed by atoms with Crippen LogP contribution in [-0.2, 0) is 13.5 Å². The maximum atomic E-state index is 6.22. The number of rotatable bonds is 4. The molecule has 1 aromatic heterocycles. The van der Waals surface area contributed by atoms with Crippen LogP contribution in [0.25, 0.3) is 11.4 Å². The SMILES string of the molecule is COc1ccc(-c2nc(CCN)c(Cl)n2C)cc1. The van der Waals surface area contributed by atoms with E-state index in [1.54, 1.807) is 7.11 Å². The second-order valence-corrected chi connectivity index (χ2v) is 4.36. The molecule has 0 bridgehead atoms. The van der Waals surface area contributed by atoms with E-state index < -0.39 is 0 Å². The summed E-state index contributed by atoms with van der Waals surface area (Å²) in [6, 6.07) is 7.73. The zero-order valence-electron chi connectivity index (χ0n) is 10.5. The van der Waals surface area contributed by atoms with Crippen molar-refractivity contribution in [3.63, 3.8) is 0 Å². The van der Waals surface area contributed by atoms with Crippen LogP contribution < -0.4 is 10.5 Å². The minimum atomic E-state index is 0.540. The van der Waals surface area contributed by atoms with Gasteiger partial charge in [-0.3, -0.25) is 0 Å². The molecule has 0 aliphatic carbocycles. The number of hydrogen-bond donors (Lipinski definition) is 1. The Kier molecular flexibility index (Phi) is 3.89. The number of aromatic nitrogens is 2. The highest BCUT2D eigenvalue weighted by molar-refractivity contribution is 6.30. The predicted molar refractivity (Wildman–Crippen MR) is 73.0 cm³/mol. The molecule has 0 saturated heterocycles. The molecular weight excluding hydrogens is 250 g/mol. The average Bonchev–Trinajstić information content (AvgIpc) is 2.68. The van der Waals surface area contributed by atoms with E-state index in [-0.39, 0.29) is 0 Å². The van der Waals surface area contributed by atoms with Gasteiger partial charge in [-0.15, -0.1) is 0 Å². The van der Waals surface area contributed by atoms with E-state index in [0.29, 0.717) is 18.1 Å². The first kappa shape index (κ1) is 12.9. The molecule has 96 valence electrons. The number of methoxy groups -OCH3 is 1. The Morgan fingerprint density at radius 2 is 2.00 bits per heavy atom. The van der Waals surface area contributed by atoms with Gasteiger partial charge in [0.05, 0.1) is 12.8 Å². The molecule has 0 amide bonds. The molecule has 1 aromatic carbocycles. The molecule has 0 radical (unpaired) electrons. The van der Waals surface area contributed by atoms with Gasteiger partial charge in [0.1, 0.15) is 16.7 Å². The second kappa shape index (κ2) is 5.42. The summed E-state index contributed by atoms with van der Waals surface area (Å²) >= 11 is 6.22. The summed E-state index contributed by atoms with van der Waals surface area (Å²) in [5, 5.41) is 0.645. The molecule has 0 saturated carbocycles. The molecule has 0 spiro atoms. The maximum Gasteiger partial charge on any atom is 0.141 e. The molecule has 0 unspecified atom stereocenters. The minimum absolute atomic E-state index is 0.540. The monoisotopic (exact) mass is 265 g/mol. The molecule has 1 heterocycles. The lowest BCUT2D eigenvalue weighted by molar-refractivity contribution is 0.415. The van der Waals surface area contributed by atoms with E-state index in [1.807, 2.05) is 35.9 Å². The first-order valence-electron chi connectivity index (χ1n) is 5.73. The number of hydrogen-bond acceptors (Lipinski definition) is 3. The Hall–Kier alpha value is -1.52. The van der Waals surface area contributed by atoms with Crippen molar-refractivity contribution in [1.29, 1.82) is 0 Å². The molecule has 18 heavy (non-hydrogen) atoms. The minimum Gasteiger partial charge on any atom is -0.497 e. The van der Waals surface area contributed by atoms with Crippen molar-refractivity contribution < 1.29 is 4.74 Å². The van der Waals surface area contributed by atoms with E-state index in [2.05, 4.69) is 4.98 Å². The third-order valence-corrected chi connectivity index (χ3v) is 3.29. The second-order valence-electron chi connectivity index (χ2n) is 4.00. The Bertz CT molecular complexity index is 534.